The van der Waals surface area contributed by atoms with Crippen molar-refractivity contribution in [2.75, 3.05) is 16.2 Å². The molecule has 0 spiro atoms. The Kier molecular flexibility index (Phi) is 4.31. The van der Waals surface area contributed by atoms with Crippen molar-refractivity contribution < 1.29 is 22.7 Å². The highest BCUT2D eigenvalue weighted by Crippen LogP contribution is 2.34. The highest BCUT2D eigenvalue weighted by molar-refractivity contribution is 7.92. The van der Waals surface area contributed by atoms with Gasteiger partial charge in [-0.05, 0) is 17.7 Å². The van der Waals surface area contributed by atoms with Crippen LogP contribution in [0, 0.1) is 17.1 Å². The normalized spacial score (nSPS) is 15.4. The van der Waals surface area contributed by atoms with Crippen LogP contribution in [0.3, 0.4) is 0 Å². The fraction of sp³-hybridized carbons (Fsp3) is 0.143. The molecule has 26 heavy (non-hydrogen) atoms. The maximum absolute atomic E-state index is 14.4. The van der Waals surface area contributed by atoms with Gasteiger partial charge in [0.15, 0.2) is 5.82 Å². The number of aromatic nitrogens is 2. The molecule has 0 atom stereocenters. The number of hydrogen-bond acceptors (Lipinski definition) is 8. The third-order valence-electron chi connectivity index (χ3n) is 3.40. The molecule has 1 aromatic carbocycles. The molecule has 1 aliphatic rings. The number of aromatic hydroxyl groups is 1. The molecule has 3 N–H and O–H groups in total. The zero-order valence-corrected chi connectivity index (χ0v) is 13.8. The average Bonchev–Trinajstić information content (AvgIpc) is 2.85. The van der Waals surface area contributed by atoms with Gasteiger partial charge >= 0.3 is 10.2 Å². The Morgan fingerprint density at radius 2 is 2.08 bits per heavy atom. The first kappa shape index (κ1) is 17.4. The first-order valence-corrected chi connectivity index (χ1v) is 8.55. The van der Waals surface area contributed by atoms with Gasteiger partial charge in [-0.15, -0.1) is 0 Å². The Bertz CT molecular complexity index is 996. The van der Waals surface area contributed by atoms with Crippen LogP contribution in [0.15, 0.2) is 24.5 Å². The second-order valence-corrected chi connectivity index (χ2v) is 6.84. The summed E-state index contributed by atoms with van der Waals surface area (Å²) in [6, 6.07) is 4.05. The van der Waals surface area contributed by atoms with Gasteiger partial charge in [-0.2, -0.15) is 13.7 Å². The van der Waals surface area contributed by atoms with Gasteiger partial charge < -0.3 is 10.4 Å². The molecular weight excluding hydrogens is 367 g/mol. The molecule has 0 bridgehead atoms. The molecule has 10 nitrogen and oxygen atoms in total. The number of carbonyl (C=O) groups excluding carboxylic acids is 1. The van der Waals surface area contributed by atoms with Crippen molar-refractivity contribution in [3.05, 3.63) is 41.5 Å². The van der Waals surface area contributed by atoms with Crippen molar-refractivity contribution in [3.8, 4) is 11.8 Å². The number of phenols is 1. The number of nitriles is 1. The lowest BCUT2D eigenvalue weighted by atomic mass is 10.1. The van der Waals surface area contributed by atoms with Crippen LogP contribution in [0.1, 0.15) is 11.1 Å². The minimum Gasteiger partial charge on any atom is -0.506 e. The Labute approximate surface area is 147 Å². The summed E-state index contributed by atoms with van der Waals surface area (Å²) in [4.78, 5) is 19.0. The predicted octanol–water partition coefficient (Wildman–Crippen LogP) is -0.0139. The molecule has 0 unspecified atom stereocenters. The molecule has 2 heterocycles. The summed E-state index contributed by atoms with van der Waals surface area (Å²) in [5, 5.41) is 21.5. The lowest BCUT2D eigenvalue weighted by Crippen LogP contribution is -2.30. The van der Waals surface area contributed by atoms with Gasteiger partial charge in [-0.3, -0.25) is 4.79 Å². The second-order valence-electron chi connectivity index (χ2n) is 5.24. The highest BCUT2D eigenvalue weighted by Gasteiger charge is 2.37. The van der Waals surface area contributed by atoms with E-state index in [0.717, 1.165) is 12.1 Å². The van der Waals surface area contributed by atoms with Gasteiger partial charge in [0.2, 0.25) is 5.95 Å². The van der Waals surface area contributed by atoms with Gasteiger partial charge in [0.05, 0.1) is 18.0 Å². The molecule has 0 aliphatic carbocycles. The molecule has 2 aromatic rings. The van der Waals surface area contributed by atoms with Crippen LogP contribution >= 0.6 is 0 Å². The summed E-state index contributed by atoms with van der Waals surface area (Å²) in [5.41, 5.74) is -0.0483. The molecule has 1 amide bonds. The number of halogens is 1. The van der Waals surface area contributed by atoms with Gasteiger partial charge in [-0.25, -0.2) is 23.4 Å². The zero-order valence-electron chi connectivity index (χ0n) is 13.0. The lowest BCUT2D eigenvalue weighted by Gasteiger charge is -2.17. The fourth-order valence-corrected chi connectivity index (χ4v) is 3.46. The third-order valence-corrected chi connectivity index (χ3v) is 4.78. The highest BCUT2D eigenvalue weighted by atomic mass is 32.2. The van der Waals surface area contributed by atoms with E-state index in [-0.39, 0.29) is 23.6 Å². The Morgan fingerprint density at radius 1 is 1.38 bits per heavy atom. The number of rotatable bonds is 4. The van der Waals surface area contributed by atoms with Crippen molar-refractivity contribution in [2.45, 2.75) is 6.54 Å². The maximum atomic E-state index is 14.4. The molecule has 1 saturated heterocycles. The van der Waals surface area contributed by atoms with Crippen LogP contribution in [-0.4, -0.2) is 35.9 Å². The quantitative estimate of drug-likeness (QED) is 0.672. The van der Waals surface area contributed by atoms with E-state index in [1.54, 1.807) is 4.72 Å². The van der Waals surface area contributed by atoms with Gasteiger partial charge in [0.25, 0.3) is 5.91 Å². The average molecular weight is 378 g/mol. The van der Waals surface area contributed by atoms with Gasteiger partial charge in [-0.1, -0.05) is 0 Å². The molecule has 12 heteroatoms. The van der Waals surface area contributed by atoms with E-state index in [4.69, 9.17) is 5.26 Å². The van der Waals surface area contributed by atoms with Crippen LogP contribution < -0.4 is 14.3 Å². The Morgan fingerprint density at radius 3 is 2.62 bits per heavy atom. The number of phenolic OH excluding ortho intramolecular Hbond substituents is 1. The van der Waals surface area contributed by atoms with Crippen LogP contribution in [0.4, 0.5) is 16.0 Å². The van der Waals surface area contributed by atoms with Crippen LogP contribution in [0.2, 0.25) is 0 Å². The SMILES string of the molecule is N#Cc1cnc(NCc2cc(O)c(N3CC(=O)NS3(=O)=O)c(F)c2)nc1. The van der Waals surface area contributed by atoms with Gasteiger partial charge in [0, 0.05) is 6.54 Å². The molecule has 1 aromatic heterocycles. The topological polar surface area (TPSA) is 148 Å². The van der Waals surface area contributed by atoms with E-state index in [1.807, 2.05) is 6.07 Å². The predicted molar refractivity (Wildman–Crippen MR) is 86.5 cm³/mol. The van der Waals surface area contributed by atoms with Crippen molar-refractivity contribution in [3.63, 3.8) is 0 Å². The lowest BCUT2D eigenvalue weighted by molar-refractivity contribution is -0.117. The van der Waals surface area contributed by atoms with E-state index in [0.29, 0.717) is 4.31 Å². The number of anilines is 2. The fourth-order valence-electron chi connectivity index (χ4n) is 2.29. The van der Waals surface area contributed by atoms with E-state index in [9.17, 15) is 22.7 Å². The first-order valence-electron chi connectivity index (χ1n) is 7.11. The number of nitrogens with one attached hydrogen (secondary N) is 2. The minimum absolute atomic E-state index is 0.0284. The molecule has 1 aliphatic heterocycles. The Balaban J connectivity index is 1.81. The van der Waals surface area contributed by atoms with Crippen molar-refractivity contribution >= 4 is 27.8 Å². The zero-order chi connectivity index (χ0) is 18.9. The minimum atomic E-state index is -4.24. The number of carbonyl (C=O) groups is 1. The number of benzene rings is 1. The summed E-state index contributed by atoms with van der Waals surface area (Å²) in [5.74, 6) is -2.29. The molecule has 0 saturated carbocycles. The number of hydrogen-bond donors (Lipinski definition) is 3. The summed E-state index contributed by atoms with van der Waals surface area (Å²) in [6.45, 7) is -0.593. The number of amides is 1. The molecule has 134 valence electrons. The number of nitrogens with zero attached hydrogens (tertiary/aromatic N) is 4. The van der Waals surface area contributed by atoms with Crippen molar-refractivity contribution in [1.82, 2.24) is 14.7 Å². The van der Waals surface area contributed by atoms with Crippen LogP contribution in [0.5, 0.6) is 5.75 Å². The smallest absolute Gasteiger partial charge is 0.326 e. The Hall–Kier alpha value is -3.46. The largest absolute Gasteiger partial charge is 0.506 e. The second kappa shape index (κ2) is 6.45. The monoisotopic (exact) mass is 378 g/mol. The van der Waals surface area contributed by atoms with E-state index in [1.165, 1.54) is 12.4 Å². The van der Waals surface area contributed by atoms with E-state index < -0.39 is 39.9 Å². The standard InChI is InChI=1S/C14H11FN6O4S/c15-10-1-8(4-17-14-18-5-9(3-16)6-19-14)2-11(22)13(10)21-7-12(23)20-26(21,24)25/h1-2,5-6,22H,4,7H2,(H,20,23)(H,17,18,19). The van der Waals surface area contributed by atoms with E-state index in [2.05, 4.69) is 15.3 Å². The summed E-state index contributed by atoms with van der Waals surface area (Å²) >= 11 is 0. The van der Waals surface area contributed by atoms with E-state index >= 15 is 0 Å². The molecular formula is C14H11FN6O4S. The molecule has 3 rings (SSSR count). The van der Waals surface area contributed by atoms with Crippen LogP contribution in [0.25, 0.3) is 0 Å². The third kappa shape index (κ3) is 3.33. The van der Waals surface area contributed by atoms with Crippen molar-refractivity contribution in [1.29, 1.82) is 5.26 Å². The van der Waals surface area contributed by atoms with Gasteiger partial charge in [0.1, 0.15) is 24.1 Å². The first-order chi connectivity index (χ1) is 12.3. The summed E-state index contributed by atoms with van der Waals surface area (Å²) in [6.07, 6.45) is 2.61. The molecule has 1 fully saturated rings. The summed E-state index contributed by atoms with van der Waals surface area (Å²) in [7, 11) is -4.24. The molecule has 0 radical (unpaired) electrons. The van der Waals surface area contributed by atoms with Crippen molar-refractivity contribution in [2.24, 2.45) is 0 Å². The maximum Gasteiger partial charge on any atom is 0.326 e. The summed E-state index contributed by atoms with van der Waals surface area (Å²) < 4.78 is 40.1. The van der Waals surface area contributed by atoms with Crippen LogP contribution in [-0.2, 0) is 21.5 Å².